The molecular formula is C23H16Cl2N4O5. The SMILES string of the molecule is O=C(Nc1cc(Oc2ccc(Cl)cc2)cc([N+](=O)[O-])c1)c1ccn(COc2cccc(Cl)c2)n1. The molecule has 0 aliphatic rings. The standard InChI is InChI=1S/C23H16Cl2N4O5/c24-15-4-6-19(7-5-15)34-21-12-17(11-18(13-21)29(31)32)26-23(30)22-8-9-28(27-22)14-33-20-3-1-2-16(25)10-20/h1-13H,14H2,(H,26,30). The van der Waals surface area contributed by atoms with Gasteiger partial charge in [0, 0.05) is 28.4 Å². The topological polar surface area (TPSA) is 109 Å². The number of aromatic nitrogens is 2. The molecule has 0 bridgehead atoms. The summed E-state index contributed by atoms with van der Waals surface area (Å²) >= 11 is 11.8. The summed E-state index contributed by atoms with van der Waals surface area (Å²) in [5.41, 5.74) is 0.0245. The highest BCUT2D eigenvalue weighted by Crippen LogP contribution is 2.30. The predicted octanol–water partition coefficient (Wildman–Crippen LogP) is 6.18. The van der Waals surface area contributed by atoms with E-state index in [1.807, 2.05) is 0 Å². The molecule has 0 saturated heterocycles. The highest BCUT2D eigenvalue weighted by atomic mass is 35.5. The quantitative estimate of drug-likeness (QED) is 0.229. The van der Waals surface area contributed by atoms with Gasteiger partial charge in [-0.15, -0.1) is 0 Å². The summed E-state index contributed by atoms with van der Waals surface area (Å²) in [5, 5.41) is 19.2. The fourth-order valence-electron chi connectivity index (χ4n) is 2.91. The molecule has 0 spiro atoms. The van der Waals surface area contributed by atoms with Crippen molar-refractivity contribution in [3.63, 3.8) is 0 Å². The second kappa shape index (κ2) is 10.2. The maximum Gasteiger partial charge on any atom is 0.276 e. The molecule has 9 nitrogen and oxygen atoms in total. The molecule has 0 radical (unpaired) electrons. The molecule has 4 aromatic rings. The van der Waals surface area contributed by atoms with E-state index in [2.05, 4.69) is 10.4 Å². The van der Waals surface area contributed by atoms with Crippen LogP contribution in [0.2, 0.25) is 10.0 Å². The van der Waals surface area contributed by atoms with Gasteiger partial charge in [-0.2, -0.15) is 5.10 Å². The van der Waals surface area contributed by atoms with Crippen molar-refractivity contribution < 1.29 is 19.2 Å². The molecular weight excluding hydrogens is 483 g/mol. The van der Waals surface area contributed by atoms with Crippen LogP contribution in [0.15, 0.2) is 79.0 Å². The van der Waals surface area contributed by atoms with Crippen LogP contribution in [0.1, 0.15) is 10.5 Å². The van der Waals surface area contributed by atoms with E-state index in [-0.39, 0.29) is 29.5 Å². The van der Waals surface area contributed by atoms with Crippen molar-refractivity contribution in [2.24, 2.45) is 0 Å². The largest absolute Gasteiger partial charge is 0.471 e. The first-order valence-electron chi connectivity index (χ1n) is 9.82. The normalized spacial score (nSPS) is 10.5. The molecule has 1 amide bonds. The van der Waals surface area contributed by atoms with Crippen LogP contribution >= 0.6 is 23.2 Å². The molecule has 0 atom stereocenters. The number of hydrogen-bond acceptors (Lipinski definition) is 6. The van der Waals surface area contributed by atoms with Crippen molar-refractivity contribution in [1.82, 2.24) is 9.78 Å². The van der Waals surface area contributed by atoms with E-state index in [4.69, 9.17) is 32.7 Å². The van der Waals surface area contributed by atoms with Gasteiger partial charge in [0.15, 0.2) is 12.4 Å². The first kappa shape index (κ1) is 23.1. The molecule has 1 heterocycles. The summed E-state index contributed by atoms with van der Waals surface area (Å²) in [6, 6.07) is 18.8. The lowest BCUT2D eigenvalue weighted by atomic mass is 10.2. The lowest BCUT2D eigenvalue weighted by molar-refractivity contribution is -0.384. The van der Waals surface area contributed by atoms with Crippen LogP contribution in [0, 0.1) is 10.1 Å². The van der Waals surface area contributed by atoms with Crippen molar-refractivity contribution >= 4 is 40.5 Å². The number of rotatable bonds is 8. The number of amides is 1. The number of nitro groups is 1. The zero-order valence-electron chi connectivity index (χ0n) is 17.4. The number of non-ortho nitro benzene ring substituents is 1. The number of benzene rings is 3. The highest BCUT2D eigenvalue weighted by molar-refractivity contribution is 6.30. The number of carbonyl (C=O) groups is 1. The molecule has 34 heavy (non-hydrogen) atoms. The Morgan fingerprint density at radius 1 is 0.971 bits per heavy atom. The van der Waals surface area contributed by atoms with Gasteiger partial charge in [-0.3, -0.25) is 14.9 Å². The van der Waals surface area contributed by atoms with Crippen LogP contribution in [0.5, 0.6) is 17.2 Å². The molecule has 11 heteroatoms. The van der Waals surface area contributed by atoms with E-state index in [9.17, 15) is 14.9 Å². The Kier molecular flexibility index (Phi) is 6.95. The molecule has 0 aliphatic carbocycles. The monoisotopic (exact) mass is 498 g/mol. The van der Waals surface area contributed by atoms with Gasteiger partial charge in [0.05, 0.1) is 16.7 Å². The Hall–Kier alpha value is -4.08. The van der Waals surface area contributed by atoms with E-state index >= 15 is 0 Å². The summed E-state index contributed by atoms with van der Waals surface area (Å²) in [6.45, 7) is 0.0590. The second-order valence-electron chi connectivity index (χ2n) is 6.95. The fraction of sp³-hybridized carbons (Fsp3) is 0.0435. The van der Waals surface area contributed by atoms with E-state index in [1.165, 1.54) is 28.9 Å². The average molecular weight is 499 g/mol. The molecule has 0 unspecified atom stereocenters. The van der Waals surface area contributed by atoms with Gasteiger partial charge >= 0.3 is 0 Å². The number of carbonyl (C=O) groups excluding carboxylic acids is 1. The molecule has 4 rings (SSSR count). The number of nitro benzene ring substituents is 1. The summed E-state index contributed by atoms with van der Waals surface area (Å²) in [4.78, 5) is 23.4. The minimum absolute atomic E-state index is 0.0590. The zero-order chi connectivity index (χ0) is 24.1. The first-order chi connectivity index (χ1) is 16.4. The molecule has 3 aromatic carbocycles. The van der Waals surface area contributed by atoms with Gasteiger partial charge in [-0.05, 0) is 48.5 Å². The average Bonchev–Trinajstić information content (AvgIpc) is 3.28. The molecule has 0 fully saturated rings. The Morgan fingerprint density at radius 2 is 1.76 bits per heavy atom. The predicted molar refractivity (Wildman–Crippen MR) is 127 cm³/mol. The molecule has 1 aromatic heterocycles. The highest BCUT2D eigenvalue weighted by Gasteiger charge is 2.15. The number of halogens is 2. The Morgan fingerprint density at radius 3 is 2.50 bits per heavy atom. The van der Waals surface area contributed by atoms with Crippen LogP contribution in [-0.2, 0) is 6.73 Å². The fourth-order valence-corrected chi connectivity index (χ4v) is 3.21. The van der Waals surface area contributed by atoms with Crippen LogP contribution in [-0.4, -0.2) is 20.6 Å². The number of ether oxygens (including phenoxy) is 2. The zero-order valence-corrected chi connectivity index (χ0v) is 18.9. The minimum Gasteiger partial charge on any atom is -0.471 e. The van der Waals surface area contributed by atoms with Crippen LogP contribution in [0.3, 0.4) is 0 Å². The maximum absolute atomic E-state index is 12.7. The van der Waals surface area contributed by atoms with Crippen molar-refractivity contribution in [1.29, 1.82) is 0 Å². The van der Waals surface area contributed by atoms with Gasteiger partial charge in [-0.25, -0.2) is 4.68 Å². The van der Waals surface area contributed by atoms with Gasteiger partial charge in [0.25, 0.3) is 11.6 Å². The van der Waals surface area contributed by atoms with Gasteiger partial charge < -0.3 is 14.8 Å². The summed E-state index contributed by atoms with van der Waals surface area (Å²) in [7, 11) is 0. The minimum atomic E-state index is -0.577. The van der Waals surface area contributed by atoms with Gasteiger partial charge in [0.1, 0.15) is 17.2 Å². The van der Waals surface area contributed by atoms with Crippen molar-refractivity contribution in [3.05, 3.63) is 105 Å². The Bertz CT molecular complexity index is 1340. The number of nitrogens with one attached hydrogen (secondary N) is 1. The van der Waals surface area contributed by atoms with Crippen molar-refractivity contribution in [3.8, 4) is 17.2 Å². The Labute approximate surface area is 203 Å². The van der Waals surface area contributed by atoms with Crippen LogP contribution < -0.4 is 14.8 Å². The summed E-state index contributed by atoms with van der Waals surface area (Å²) < 4.78 is 12.7. The van der Waals surface area contributed by atoms with Crippen molar-refractivity contribution in [2.45, 2.75) is 6.73 Å². The molecule has 0 saturated carbocycles. The van der Waals surface area contributed by atoms with E-state index < -0.39 is 10.8 Å². The number of hydrogen-bond donors (Lipinski definition) is 1. The molecule has 0 aliphatic heterocycles. The van der Waals surface area contributed by atoms with E-state index in [0.717, 1.165) is 0 Å². The van der Waals surface area contributed by atoms with Crippen LogP contribution in [0.25, 0.3) is 0 Å². The number of nitrogens with zero attached hydrogens (tertiary/aromatic N) is 3. The Balaban J connectivity index is 1.46. The third kappa shape index (κ3) is 6.03. The molecule has 1 N–H and O–H groups in total. The molecule has 172 valence electrons. The lowest BCUT2D eigenvalue weighted by Gasteiger charge is -2.09. The summed E-state index contributed by atoms with van der Waals surface area (Å²) in [6.07, 6.45) is 1.57. The van der Waals surface area contributed by atoms with Crippen molar-refractivity contribution in [2.75, 3.05) is 5.32 Å². The smallest absolute Gasteiger partial charge is 0.276 e. The lowest BCUT2D eigenvalue weighted by Crippen LogP contribution is -2.14. The van der Waals surface area contributed by atoms with E-state index in [1.54, 1.807) is 54.7 Å². The second-order valence-corrected chi connectivity index (χ2v) is 7.83. The first-order valence-corrected chi connectivity index (χ1v) is 10.6. The van der Waals surface area contributed by atoms with Gasteiger partial charge in [0.2, 0.25) is 0 Å². The summed E-state index contributed by atoms with van der Waals surface area (Å²) in [5.74, 6) is 0.603. The van der Waals surface area contributed by atoms with E-state index in [0.29, 0.717) is 21.5 Å². The van der Waals surface area contributed by atoms with Gasteiger partial charge in [-0.1, -0.05) is 29.3 Å². The maximum atomic E-state index is 12.7. The van der Waals surface area contributed by atoms with Crippen LogP contribution in [0.4, 0.5) is 11.4 Å². The number of anilines is 1. The third-order valence-electron chi connectivity index (χ3n) is 4.44. The third-order valence-corrected chi connectivity index (χ3v) is 4.93.